The number of carbonyl (C=O) groups excluding carboxylic acids is 1. The van der Waals surface area contributed by atoms with Crippen LogP contribution in [0.2, 0.25) is 0 Å². The molecule has 0 bridgehead atoms. The quantitative estimate of drug-likeness (QED) is 0.519. The summed E-state index contributed by atoms with van der Waals surface area (Å²) in [6.45, 7) is 5.61. The van der Waals surface area contributed by atoms with Crippen molar-refractivity contribution in [3.63, 3.8) is 0 Å². The molecular weight excluding hydrogens is 191 g/mol. The van der Waals surface area contributed by atoms with E-state index in [4.69, 9.17) is 0 Å². The molecule has 0 aromatic carbocycles. The minimum Gasteiger partial charge on any atom is -0.640 e. The fourth-order valence-electron chi connectivity index (χ4n) is 0.340. The Balaban J connectivity index is -0.000000107. The second-order valence-corrected chi connectivity index (χ2v) is 2.67. The van der Waals surface area contributed by atoms with Gasteiger partial charge in [-0.25, -0.2) is 0 Å². The molecule has 0 aliphatic heterocycles. The van der Waals surface area contributed by atoms with Crippen LogP contribution in [0.1, 0.15) is 42.0 Å². The van der Waals surface area contributed by atoms with E-state index >= 15 is 0 Å². The zero-order valence-electron chi connectivity index (χ0n) is 6.68. The van der Waals surface area contributed by atoms with Gasteiger partial charge in [-0.15, -0.1) is 0 Å². The smallest absolute Gasteiger partial charge is 0.279 e. The number of esters is 1. The summed E-state index contributed by atoms with van der Waals surface area (Å²) in [7, 11) is 3.05. The van der Waals surface area contributed by atoms with E-state index in [1.54, 1.807) is 0 Å². The van der Waals surface area contributed by atoms with Crippen molar-refractivity contribution < 1.29 is 28.1 Å². The summed E-state index contributed by atoms with van der Waals surface area (Å²) in [5.74, 6) is -0.245. The number of hydrogen-bond donors (Lipinski definition) is 0. The summed E-state index contributed by atoms with van der Waals surface area (Å²) in [6, 6.07) is 0. The van der Waals surface area contributed by atoms with Crippen molar-refractivity contribution in [2.45, 2.75) is 42.0 Å². The Kier molecular flexibility index (Phi) is 17.3. The van der Waals surface area contributed by atoms with Gasteiger partial charge in [0, 0.05) is 18.6 Å². The van der Waals surface area contributed by atoms with Crippen LogP contribution in [0, 0.1) is 12.5 Å². The molecule has 2 nitrogen and oxygen atoms in total. The predicted octanol–water partition coefficient (Wildman–Crippen LogP) is 3.03. The topological polar surface area (TPSA) is 26.3 Å². The summed E-state index contributed by atoms with van der Waals surface area (Å²) in [5.41, 5.74) is -0.373. The Bertz CT molecular complexity index is 111. The van der Waals surface area contributed by atoms with Gasteiger partial charge in [0.05, 0.1) is 5.41 Å². The molecular formula is C9H21O2V-. The van der Waals surface area contributed by atoms with Gasteiger partial charge in [0.25, 0.3) is 5.97 Å². The second-order valence-electron chi connectivity index (χ2n) is 2.67. The zero-order valence-corrected chi connectivity index (χ0v) is 8.07. The summed E-state index contributed by atoms with van der Waals surface area (Å²) in [4.78, 5) is 10.8. The summed E-state index contributed by atoms with van der Waals surface area (Å²) in [6.07, 6.45) is 0.779. The standard InChI is InChI=1S/C7H13O2.2CH4.V/c1-5-7(2,3)6(8)9-4;;;/h4-5H2,1-3H3;2*1H4;/q-1;;;. The summed E-state index contributed by atoms with van der Waals surface area (Å²) < 4.78 is 4.32. The molecule has 0 aromatic rings. The molecule has 0 heterocycles. The maximum Gasteiger partial charge on any atom is 0.279 e. The molecule has 0 aliphatic carbocycles. The molecule has 0 atom stereocenters. The van der Waals surface area contributed by atoms with Crippen LogP contribution < -0.4 is 0 Å². The molecule has 0 rings (SSSR count). The van der Waals surface area contributed by atoms with E-state index in [1.807, 2.05) is 20.8 Å². The number of ether oxygens (including phenoxy) is 1. The molecule has 0 spiro atoms. The predicted molar refractivity (Wildman–Crippen MR) is 49.0 cm³/mol. The van der Waals surface area contributed by atoms with Crippen molar-refractivity contribution in [1.82, 2.24) is 0 Å². The third-order valence-corrected chi connectivity index (χ3v) is 1.57. The molecule has 3 heteroatoms. The van der Waals surface area contributed by atoms with E-state index in [-0.39, 0.29) is 44.8 Å². The van der Waals surface area contributed by atoms with Gasteiger partial charge >= 0.3 is 0 Å². The Hall–Kier alpha value is 0.0544. The minimum absolute atomic E-state index is 0. The van der Waals surface area contributed by atoms with Crippen LogP contribution in [-0.2, 0) is 28.1 Å². The van der Waals surface area contributed by atoms with Crippen LogP contribution in [0.4, 0.5) is 0 Å². The molecule has 12 heavy (non-hydrogen) atoms. The largest absolute Gasteiger partial charge is 0.640 e. The van der Waals surface area contributed by atoms with E-state index in [1.165, 1.54) is 0 Å². The third-order valence-electron chi connectivity index (χ3n) is 1.57. The first-order chi connectivity index (χ1) is 4.04. The molecule has 0 amide bonds. The van der Waals surface area contributed by atoms with Gasteiger partial charge in [-0.3, -0.25) is 4.79 Å². The van der Waals surface area contributed by atoms with Crippen molar-refractivity contribution in [2.24, 2.45) is 5.41 Å². The van der Waals surface area contributed by atoms with E-state index in [0.717, 1.165) is 6.42 Å². The maximum atomic E-state index is 10.8. The number of hydrogen-bond acceptors (Lipinski definition) is 2. The Morgan fingerprint density at radius 1 is 1.42 bits per heavy atom. The molecule has 0 saturated carbocycles. The first-order valence-corrected chi connectivity index (χ1v) is 3.01. The second kappa shape index (κ2) is 9.14. The van der Waals surface area contributed by atoms with E-state index in [9.17, 15) is 4.79 Å². The van der Waals surface area contributed by atoms with Crippen LogP contribution in [-0.4, -0.2) is 5.97 Å². The molecule has 1 radical (unpaired) electrons. The van der Waals surface area contributed by atoms with Gasteiger partial charge in [0.2, 0.25) is 0 Å². The van der Waals surface area contributed by atoms with Crippen LogP contribution in [0.5, 0.6) is 0 Å². The number of rotatable bonds is 2. The molecule has 0 saturated heterocycles. The first kappa shape index (κ1) is 22.7. The Morgan fingerprint density at radius 2 is 1.75 bits per heavy atom. The third kappa shape index (κ3) is 6.75. The Morgan fingerprint density at radius 3 is 1.83 bits per heavy atom. The minimum atomic E-state index is -0.373. The van der Waals surface area contributed by atoms with E-state index < -0.39 is 0 Å². The van der Waals surface area contributed by atoms with E-state index in [0.29, 0.717) is 0 Å². The monoisotopic (exact) mass is 212 g/mol. The van der Waals surface area contributed by atoms with Crippen molar-refractivity contribution >= 4 is 5.97 Å². The summed E-state index contributed by atoms with van der Waals surface area (Å²) in [5, 5.41) is 0. The van der Waals surface area contributed by atoms with Crippen molar-refractivity contribution in [2.75, 3.05) is 0 Å². The Labute approximate surface area is 89.0 Å². The molecule has 0 aliphatic rings. The maximum absolute atomic E-state index is 10.8. The van der Waals surface area contributed by atoms with Crippen LogP contribution in [0.3, 0.4) is 0 Å². The van der Waals surface area contributed by atoms with Crippen molar-refractivity contribution in [3.8, 4) is 0 Å². The van der Waals surface area contributed by atoms with E-state index in [2.05, 4.69) is 11.8 Å². The fraction of sp³-hybridized carbons (Fsp3) is 0.778. The normalized spacial score (nSPS) is 8.33. The van der Waals surface area contributed by atoms with Gasteiger partial charge < -0.3 is 4.74 Å². The molecule has 0 fully saturated rings. The van der Waals surface area contributed by atoms with Crippen LogP contribution in [0.25, 0.3) is 0 Å². The van der Waals surface area contributed by atoms with Gasteiger partial charge in [-0.2, -0.15) is 7.11 Å². The van der Waals surface area contributed by atoms with Gasteiger partial charge in [-0.1, -0.05) is 21.8 Å². The molecule has 75 valence electrons. The summed E-state index contributed by atoms with van der Waals surface area (Å²) >= 11 is 0. The molecule has 0 aromatic heterocycles. The van der Waals surface area contributed by atoms with Crippen LogP contribution in [0.15, 0.2) is 0 Å². The van der Waals surface area contributed by atoms with Gasteiger partial charge in [-0.05, 0) is 20.3 Å². The average molecular weight is 212 g/mol. The SMILES string of the molecule is C.C.[CH2-]OC(=O)C(C)(C)CC.[V]. The van der Waals surface area contributed by atoms with Gasteiger partial charge in [0.15, 0.2) is 0 Å². The zero-order chi connectivity index (χ0) is 7.49. The molecule has 0 N–H and O–H groups in total. The van der Waals surface area contributed by atoms with Crippen molar-refractivity contribution in [1.29, 1.82) is 0 Å². The molecule has 0 unspecified atom stereocenters. The van der Waals surface area contributed by atoms with Crippen molar-refractivity contribution in [3.05, 3.63) is 7.11 Å². The fourth-order valence-corrected chi connectivity index (χ4v) is 0.340. The van der Waals surface area contributed by atoms with Crippen LogP contribution >= 0.6 is 0 Å². The van der Waals surface area contributed by atoms with Gasteiger partial charge in [0.1, 0.15) is 0 Å². The first-order valence-electron chi connectivity index (χ1n) is 3.01. The average Bonchev–Trinajstić information content (AvgIpc) is 1.86. The number of carbonyl (C=O) groups is 1.